The van der Waals surface area contributed by atoms with Crippen molar-refractivity contribution in [1.82, 2.24) is 4.90 Å². The Morgan fingerprint density at radius 3 is 1.92 bits per heavy atom. The van der Waals surface area contributed by atoms with Gasteiger partial charge in [-0.15, -0.1) is 0 Å². The first-order valence-electron chi connectivity index (χ1n) is 5.06. The fourth-order valence-corrected chi connectivity index (χ4v) is 1.24. The van der Waals surface area contributed by atoms with Gasteiger partial charge < -0.3 is 1.43 Å². The first kappa shape index (κ1) is 15.8. The normalized spacial score (nSPS) is 9.62. The van der Waals surface area contributed by atoms with Crippen molar-refractivity contribution in [2.45, 2.75) is 40.5 Å². The van der Waals surface area contributed by atoms with E-state index in [9.17, 15) is 0 Å². The zero-order valence-electron chi connectivity index (χ0n) is 11.1. The third kappa shape index (κ3) is 10.2. The SMILES string of the molecule is CCCN(CC=C(C)C)CCC.[H-].[Li+]. The van der Waals surface area contributed by atoms with E-state index in [-0.39, 0.29) is 20.3 Å². The van der Waals surface area contributed by atoms with E-state index in [1.54, 1.807) is 0 Å². The predicted octanol–water partition coefficient (Wildman–Crippen LogP) is 0.191. The maximum atomic E-state index is 2.51. The molecule has 0 fully saturated rings. The van der Waals surface area contributed by atoms with Crippen molar-refractivity contribution in [3.8, 4) is 0 Å². The molecule has 2 heteroatoms. The van der Waals surface area contributed by atoms with Crippen LogP contribution in [0.1, 0.15) is 42.0 Å². The van der Waals surface area contributed by atoms with E-state index in [1.165, 1.54) is 31.5 Å². The van der Waals surface area contributed by atoms with Gasteiger partial charge in [-0.2, -0.15) is 0 Å². The largest absolute Gasteiger partial charge is 1.00 e. The molecule has 0 aliphatic rings. The Kier molecular flexibility index (Phi) is 12.6. The Labute approximate surface area is 97.2 Å². The van der Waals surface area contributed by atoms with E-state index < -0.39 is 0 Å². The predicted molar refractivity (Wildman–Crippen MR) is 57.6 cm³/mol. The molecule has 0 aliphatic carbocycles. The van der Waals surface area contributed by atoms with Gasteiger partial charge in [-0.05, 0) is 39.8 Å². The summed E-state index contributed by atoms with van der Waals surface area (Å²) in [7, 11) is 0. The minimum atomic E-state index is 0. The fraction of sp³-hybridized carbons (Fsp3) is 0.818. The van der Waals surface area contributed by atoms with Crippen molar-refractivity contribution >= 4 is 0 Å². The molecule has 0 bridgehead atoms. The Hall–Kier alpha value is 0.297. The Balaban J connectivity index is -0.000000605. The summed E-state index contributed by atoms with van der Waals surface area (Å²) in [5.41, 5.74) is 1.42. The first-order chi connectivity index (χ1) is 5.70. The maximum Gasteiger partial charge on any atom is 1.00 e. The molecule has 0 saturated heterocycles. The van der Waals surface area contributed by atoms with Crippen molar-refractivity contribution in [3.63, 3.8) is 0 Å². The molecule has 0 N–H and O–H groups in total. The average molecular weight is 177 g/mol. The Morgan fingerprint density at radius 2 is 1.62 bits per heavy atom. The van der Waals surface area contributed by atoms with Crippen molar-refractivity contribution in [3.05, 3.63) is 11.6 Å². The third-order valence-electron chi connectivity index (χ3n) is 1.84. The summed E-state index contributed by atoms with van der Waals surface area (Å²) in [6.07, 6.45) is 4.83. The van der Waals surface area contributed by atoms with Crippen LogP contribution in [0.25, 0.3) is 0 Å². The smallest absolute Gasteiger partial charge is 1.00 e. The quantitative estimate of drug-likeness (QED) is 0.413. The number of rotatable bonds is 6. The van der Waals surface area contributed by atoms with Crippen LogP contribution in [0.4, 0.5) is 0 Å². The zero-order valence-corrected chi connectivity index (χ0v) is 10.1. The number of nitrogens with zero attached hydrogens (tertiary/aromatic N) is 1. The number of hydrogen-bond donors (Lipinski definition) is 0. The van der Waals surface area contributed by atoms with Crippen LogP contribution in [-0.4, -0.2) is 24.5 Å². The summed E-state index contributed by atoms with van der Waals surface area (Å²) < 4.78 is 0. The van der Waals surface area contributed by atoms with Gasteiger partial charge >= 0.3 is 18.9 Å². The van der Waals surface area contributed by atoms with Crippen LogP contribution < -0.4 is 18.9 Å². The molecule has 0 spiro atoms. The molecule has 0 heterocycles. The molecule has 0 atom stereocenters. The molecule has 0 aromatic rings. The molecule has 0 saturated carbocycles. The minimum absolute atomic E-state index is 0. The van der Waals surface area contributed by atoms with Crippen molar-refractivity contribution in [2.24, 2.45) is 0 Å². The van der Waals surface area contributed by atoms with E-state index in [4.69, 9.17) is 0 Å². The molecule has 0 amide bonds. The van der Waals surface area contributed by atoms with Crippen LogP contribution in [-0.2, 0) is 0 Å². The third-order valence-corrected chi connectivity index (χ3v) is 1.84. The molecular weight excluding hydrogens is 153 g/mol. The van der Waals surface area contributed by atoms with Gasteiger partial charge in [-0.3, -0.25) is 4.90 Å². The number of allylic oxidation sites excluding steroid dienone is 1. The average Bonchev–Trinajstić information content (AvgIpc) is 2.01. The van der Waals surface area contributed by atoms with E-state index in [2.05, 4.69) is 38.7 Å². The Morgan fingerprint density at radius 1 is 1.15 bits per heavy atom. The summed E-state index contributed by atoms with van der Waals surface area (Å²) >= 11 is 0. The van der Waals surface area contributed by atoms with E-state index in [1.807, 2.05) is 0 Å². The summed E-state index contributed by atoms with van der Waals surface area (Å²) in [4.78, 5) is 2.51. The van der Waals surface area contributed by atoms with Crippen LogP contribution in [0.15, 0.2) is 11.6 Å². The zero-order chi connectivity index (χ0) is 9.40. The molecule has 0 radical (unpaired) electrons. The standard InChI is InChI=1S/C11H23N.Li.H/c1-5-8-12(9-6-2)10-7-11(3)4;;/h7H,5-6,8-10H2,1-4H3;;/q;+1;-1. The first-order valence-corrected chi connectivity index (χ1v) is 5.06. The van der Waals surface area contributed by atoms with Crippen molar-refractivity contribution in [1.29, 1.82) is 0 Å². The fourth-order valence-electron chi connectivity index (χ4n) is 1.24. The van der Waals surface area contributed by atoms with E-state index >= 15 is 0 Å². The monoisotopic (exact) mass is 177 g/mol. The molecule has 0 rings (SSSR count). The van der Waals surface area contributed by atoms with Crippen LogP contribution in [0, 0.1) is 0 Å². The summed E-state index contributed by atoms with van der Waals surface area (Å²) in [6.45, 7) is 12.4. The van der Waals surface area contributed by atoms with Crippen LogP contribution in [0.5, 0.6) is 0 Å². The molecule has 1 nitrogen and oxygen atoms in total. The molecule has 0 aromatic heterocycles. The minimum Gasteiger partial charge on any atom is -1.00 e. The second-order valence-electron chi connectivity index (χ2n) is 3.58. The summed E-state index contributed by atoms with van der Waals surface area (Å²) in [5, 5.41) is 0. The van der Waals surface area contributed by atoms with E-state index in [0.29, 0.717) is 0 Å². The molecule has 0 aliphatic heterocycles. The molecular formula is C11H24LiN. The van der Waals surface area contributed by atoms with Gasteiger partial charge in [-0.25, -0.2) is 0 Å². The number of hydrogen-bond acceptors (Lipinski definition) is 1. The summed E-state index contributed by atoms with van der Waals surface area (Å²) in [5.74, 6) is 0. The van der Waals surface area contributed by atoms with Gasteiger partial charge in [0.2, 0.25) is 0 Å². The molecule has 0 aromatic carbocycles. The molecule has 13 heavy (non-hydrogen) atoms. The Bertz CT molecular complexity index is 127. The van der Waals surface area contributed by atoms with E-state index in [0.717, 1.165) is 6.54 Å². The second kappa shape index (κ2) is 10.4. The maximum absolute atomic E-state index is 2.51. The van der Waals surface area contributed by atoms with Gasteiger partial charge in [0, 0.05) is 6.54 Å². The van der Waals surface area contributed by atoms with Gasteiger partial charge in [0.1, 0.15) is 0 Å². The van der Waals surface area contributed by atoms with Gasteiger partial charge in [-0.1, -0.05) is 25.5 Å². The second-order valence-corrected chi connectivity index (χ2v) is 3.58. The van der Waals surface area contributed by atoms with Crippen LogP contribution in [0.2, 0.25) is 0 Å². The van der Waals surface area contributed by atoms with Crippen molar-refractivity contribution in [2.75, 3.05) is 19.6 Å². The van der Waals surface area contributed by atoms with Crippen molar-refractivity contribution < 1.29 is 20.3 Å². The van der Waals surface area contributed by atoms with Gasteiger partial charge in [0.25, 0.3) is 0 Å². The topological polar surface area (TPSA) is 3.24 Å². The van der Waals surface area contributed by atoms with Gasteiger partial charge in [0.15, 0.2) is 0 Å². The van der Waals surface area contributed by atoms with Gasteiger partial charge in [0.05, 0.1) is 0 Å². The molecule has 0 unspecified atom stereocenters. The van der Waals surface area contributed by atoms with Crippen LogP contribution in [0.3, 0.4) is 0 Å². The molecule has 74 valence electrons. The summed E-state index contributed by atoms with van der Waals surface area (Å²) in [6, 6.07) is 0. The van der Waals surface area contributed by atoms with Crippen LogP contribution >= 0.6 is 0 Å².